The molecule has 7 nitrogen and oxygen atoms in total. The van der Waals surface area contributed by atoms with E-state index in [4.69, 9.17) is 32.4 Å². The molecular weight excluding hydrogens is 383 g/mol. The Labute approximate surface area is 158 Å². The molecule has 0 aliphatic carbocycles. The molecule has 3 amide bonds. The van der Waals surface area contributed by atoms with Gasteiger partial charge in [0.05, 0.1) is 5.02 Å². The minimum absolute atomic E-state index is 0.0958. The zero-order chi connectivity index (χ0) is 18.8. The van der Waals surface area contributed by atoms with Crippen LogP contribution in [0, 0.1) is 0 Å². The van der Waals surface area contributed by atoms with Crippen LogP contribution in [0.15, 0.2) is 34.7 Å². The van der Waals surface area contributed by atoms with E-state index in [1.807, 2.05) is 0 Å². The highest BCUT2D eigenvalue weighted by Crippen LogP contribution is 2.32. The third kappa shape index (κ3) is 3.68. The third-order valence-electron chi connectivity index (χ3n) is 3.76. The van der Waals surface area contributed by atoms with E-state index in [0.29, 0.717) is 27.9 Å². The average Bonchev–Trinajstić information content (AvgIpc) is 3.25. The third-order valence-corrected chi connectivity index (χ3v) is 4.32. The van der Waals surface area contributed by atoms with Gasteiger partial charge in [-0.1, -0.05) is 23.2 Å². The molecule has 1 atom stereocenters. The highest BCUT2D eigenvalue weighted by Gasteiger charge is 2.32. The molecule has 0 radical (unpaired) electrons. The van der Waals surface area contributed by atoms with Gasteiger partial charge in [-0.25, -0.2) is 9.59 Å². The molecule has 2 heterocycles. The van der Waals surface area contributed by atoms with Gasteiger partial charge < -0.3 is 14.5 Å². The molecule has 2 aromatic rings. The van der Waals surface area contributed by atoms with Crippen molar-refractivity contribution in [3.63, 3.8) is 0 Å². The lowest BCUT2D eigenvalue weighted by atomic mass is 10.2. The quantitative estimate of drug-likeness (QED) is 0.800. The highest BCUT2D eigenvalue weighted by molar-refractivity contribution is 6.35. The summed E-state index contributed by atoms with van der Waals surface area (Å²) in [4.78, 5) is 36.9. The number of rotatable bonds is 4. The smallest absolute Gasteiger partial charge is 0.375 e. The van der Waals surface area contributed by atoms with E-state index in [-0.39, 0.29) is 12.3 Å². The van der Waals surface area contributed by atoms with E-state index in [0.717, 1.165) is 4.90 Å². The Morgan fingerprint density at radius 3 is 2.73 bits per heavy atom. The van der Waals surface area contributed by atoms with Crippen LogP contribution in [0.2, 0.25) is 10.0 Å². The standard InChI is InChI=1S/C17H14Cl2N2O5/c1-9(15(22)21-7-6-20-17(21)24)25-16(23)14-5-4-13(26-14)11-8-10(18)2-3-12(11)19/h2-5,8-9H,6-7H2,1H3,(H,20,24)/t9-/m0/s1. The minimum atomic E-state index is -1.13. The summed E-state index contributed by atoms with van der Waals surface area (Å²) < 4.78 is 10.6. The van der Waals surface area contributed by atoms with E-state index in [9.17, 15) is 14.4 Å². The number of benzene rings is 1. The second kappa shape index (κ2) is 7.39. The second-order valence-corrected chi connectivity index (χ2v) is 6.40. The lowest BCUT2D eigenvalue weighted by Crippen LogP contribution is -2.41. The van der Waals surface area contributed by atoms with Crippen LogP contribution in [0.1, 0.15) is 17.5 Å². The van der Waals surface area contributed by atoms with Crippen LogP contribution in [0.3, 0.4) is 0 Å². The number of hydrogen-bond acceptors (Lipinski definition) is 5. The van der Waals surface area contributed by atoms with Gasteiger partial charge in [0, 0.05) is 23.7 Å². The summed E-state index contributed by atoms with van der Waals surface area (Å²) >= 11 is 12.1. The van der Waals surface area contributed by atoms with Crippen LogP contribution in [0.4, 0.5) is 4.79 Å². The number of carbonyl (C=O) groups excluding carboxylic acids is 3. The van der Waals surface area contributed by atoms with Crippen LogP contribution < -0.4 is 5.32 Å². The van der Waals surface area contributed by atoms with Crippen molar-refractivity contribution in [1.29, 1.82) is 0 Å². The lowest BCUT2D eigenvalue weighted by Gasteiger charge is -2.17. The molecule has 1 aliphatic heterocycles. The number of esters is 1. The highest BCUT2D eigenvalue weighted by atomic mass is 35.5. The predicted octanol–water partition coefficient (Wildman–Crippen LogP) is 3.35. The van der Waals surface area contributed by atoms with Gasteiger partial charge in [0.2, 0.25) is 5.76 Å². The van der Waals surface area contributed by atoms with E-state index >= 15 is 0 Å². The van der Waals surface area contributed by atoms with Gasteiger partial charge in [-0.2, -0.15) is 0 Å². The topological polar surface area (TPSA) is 88.8 Å². The van der Waals surface area contributed by atoms with Crippen LogP contribution >= 0.6 is 23.2 Å². The van der Waals surface area contributed by atoms with Crippen molar-refractivity contribution >= 4 is 41.1 Å². The van der Waals surface area contributed by atoms with Crippen molar-refractivity contribution in [3.05, 3.63) is 46.1 Å². The van der Waals surface area contributed by atoms with Gasteiger partial charge in [0.1, 0.15) is 5.76 Å². The van der Waals surface area contributed by atoms with Crippen molar-refractivity contribution in [2.45, 2.75) is 13.0 Å². The Morgan fingerprint density at radius 2 is 2.04 bits per heavy atom. The van der Waals surface area contributed by atoms with E-state index in [1.54, 1.807) is 24.3 Å². The van der Waals surface area contributed by atoms with Crippen molar-refractivity contribution in [2.24, 2.45) is 0 Å². The molecular formula is C17H14Cl2N2O5. The Balaban J connectivity index is 1.71. The van der Waals surface area contributed by atoms with E-state index in [1.165, 1.54) is 13.0 Å². The number of halogens is 2. The van der Waals surface area contributed by atoms with Crippen LogP contribution in [-0.2, 0) is 9.53 Å². The Hall–Kier alpha value is -2.51. The number of ether oxygens (including phenoxy) is 1. The maximum atomic E-state index is 12.2. The number of carbonyl (C=O) groups is 3. The van der Waals surface area contributed by atoms with Crippen LogP contribution in [0.5, 0.6) is 0 Å². The van der Waals surface area contributed by atoms with Gasteiger partial charge in [-0.05, 0) is 37.3 Å². The summed E-state index contributed by atoms with van der Waals surface area (Å²) in [6.07, 6.45) is -1.13. The van der Waals surface area contributed by atoms with Crippen LogP contribution in [0.25, 0.3) is 11.3 Å². The molecule has 1 N–H and O–H groups in total. The van der Waals surface area contributed by atoms with Crippen molar-refractivity contribution in [1.82, 2.24) is 10.2 Å². The van der Waals surface area contributed by atoms with Gasteiger partial charge in [0.25, 0.3) is 5.91 Å². The monoisotopic (exact) mass is 396 g/mol. The molecule has 1 saturated heterocycles. The first-order valence-electron chi connectivity index (χ1n) is 7.72. The van der Waals surface area contributed by atoms with E-state index in [2.05, 4.69) is 5.32 Å². The molecule has 136 valence electrons. The molecule has 9 heteroatoms. The molecule has 26 heavy (non-hydrogen) atoms. The largest absolute Gasteiger partial charge is 0.449 e. The fourth-order valence-corrected chi connectivity index (χ4v) is 2.83. The fraction of sp³-hybridized carbons (Fsp3) is 0.235. The maximum Gasteiger partial charge on any atom is 0.375 e. The summed E-state index contributed by atoms with van der Waals surface area (Å²) in [6, 6.07) is 7.31. The van der Waals surface area contributed by atoms with Gasteiger partial charge in [-0.3, -0.25) is 9.69 Å². The van der Waals surface area contributed by atoms with Crippen molar-refractivity contribution < 1.29 is 23.5 Å². The number of imide groups is 1. The second-order valence-electron chi connectivity index (χ2n) is 5.56. The van der Waals surface area contributed by atoms with Gasteiger partial charge >= 0.3 is 12.0 Å². The summed E-state index contributed by atoms with van der Waals surface area (Å²) in [5.41, 5.74) is 0.524. The number of nitrogens with zero attached hydrogens (tertiary/aromatic N) is 1. The first-order chi connectivity index (χ1) is 12.4. The van der Waals surface area contributed by atoms with E-state index < -0.39 is 24.0 Å². The average molecular weight is 397 g/mol. The SMILES string of the molecule is C[C@H](OC(=O)c1ccc(-c2cc(Cl)ccc2Cl)o1)C(=O)N1CCNC1=O. The number of furan rings is 1. The van der Waals surface area contributed by atoms with Gasteiger partial charge in [0.15, 0.2) is 6.10 Å². The summed E-state index contributed by atoms with van der Waals surface area (Å²) in [6.45, 7) is 1.99. The van der Waals surface area contributed by atoms with Crippen molar-refractivity contribution in [2.75, 3.05) is 13.1 Å². The number of hydrogen-bond donors (Lipinski definition) is 1. The van der Waals surface area contributed by atoms with Crippen molar-refractivity contribution in [3.8, 4) is 11.3 Å². The number of amides is 3. The molecule has 0 bridgehead atoms. The summed E-state index contributed by atoms with van der Waals surface area (Å²) in [5.74, 6) is -1.18. The van der Waals surface area contributed by atoms with Gasteiger partial charge in [-0.15, -0.1) is 0 Å². The Kier molecular flexibility index (Phi) is 5.20. The van der Waals surface area contributed by atoms with Crippen LogP contribution in [-0.4, -0.2) is 42.0 Å². The maximum absolute atomic E-state index is 12.2. The molecule has 0 spiro atoms. The normalized spacial score (nSPS) is 14.9. The minimum Gasteiger partial charge on any atom is -0.449 e. The summed E-state index contributed by atoms with van der Waals surface area (Å²) in [7, 11) is 0. The predicted molar refractivity (Wildman–Crippen MR) is 94.2 cm³/mol. The number of nitrogens with one attached hydrogen (secondary N) is 1. The zero-order valence-electron chi connectivity index (χ0n) is 13.6. The first-order valence-corrected chi connectivity index (χ1v) is 8.48. The lowest BCUT2D eigenvalue weighted by molar-refractivity contribution is -0.136. The molecule has 0 unspecified atom stereocenters. The fourth-order valence-electron chi connectivity index (χ4n) is 2.45. The first kappa shape index (κ1) is 18.3. The Morgan fingerprint density at radius 1 is 1.27 bits per heavy atom. The molecule has 0 saturated carbocycles. The molecule has 1 aliphatic rings. The molecule has 1 aromatic carbocycles. The Bertz CT molecular complexity index is 880. The molecule has 3 rings (SSSR count). The molecule has 1 aromatic heterocycles. The summed E-state index contributed by atoms with van der Waals surface area (Å²) in [5, 5.41) is 3.38. The number of urea groups is 1. The molecule has 1 fully saturated rings. The zero-order valence-corrected chi connectivity index (χ0v) is 15.1.